The fourth-order valence-electron chi connectivity index (χ4n) is 4.61. The van der Waals surface area contributed by atoms with Gasteiger partial charge in [0.15, 0.2) is 0 Å². The summed E-state index contributed by atoms with van der Waals surface area (Å²) >= 11 is 0. The predicted octanol–water partition coefficient (Wildman–Crippen LogP) is 2.26. The molecule has 1 fully saturated rings. The third-order valence-corrected chi connectivity index (χ3v) is 6.49. The SMILES string of the molecule is CCNCC(O)(CCCCCCC(CCC1CCC(O)C(C)N1)CNC)CC(=O)O. The van der Waals surface area contributed by atoms with E-state index in [2.05, 4.69) is 22.9 Å². The Labute approximate surface area is 183 Å². The van der Waals surface area contributed by atoms with Gasteiger partial charge in [-0.1, -0.05) is 32.6 Å². The van der Waals surface area contributed by atoms with Crippen LogP contribution in [-0.2, 0) is 4.79 Å². The van der Waals surface area contributed by atoms with Gasteiger partial charge in [0, 0.05) is 18.6 Å². The van der Waals surface area contributed by atoms with Gasteiger partial charge in [-0.25, -0.2) is 0 Å². The molecule has 0 amide bonds. The number of aliphatic carboxylic acids is 1. The van der Waals surface area contributed by atoms with Crippen LogP contribution in [0.5, 0.6) is 0 Å². The second kappa shape index (κ2) is 15.1. The lowest BCUT2D eigenvalue weighted by atomic mass is 9.88. The number of carboxylic acid groups (broad SMARTS) is 1. The van der Waals surface area contributed by atoms with Gasteiger partial charge in [0.2, 0.25) is 0 Å². The zero-order valence-corrected chi connectivity index (χ0v) is 19.5. The lowest BCUT2D eigenvalue weighted by Crippen LogP contribution is -2.48. The van der Waals surface area contributed by atoms with E-state index in [1.54, 1.807) is 0 Å². The molecule has 1 aliphatic rings. The highest BCUT2D eigenvalue weighted by molar-refractivity contribution is 5.68. The van der Waals surface area contributed by atoms with Crippen molar-refractivity contribution >= 4 is 5.97 Å². The molecule has 30 heavy (non-hydrogen) atoms. The normalized spacial score (nSPS) is 25.0. The molecule has 7 nitrogen and oxygen atoms in total. The first-order chi connectivity index (χ1) is 14.3. The molecule has 6 N–H and O–H groups in total. The summed E-state index contributed by atoms with van der Waals surface area (Å²) in [5.41, 5.74) is -1.14. The highest BCUT2D eigenvalue weighted by atomic mass is 16.4. The lowest BCUT2D eigenvalue weighted by Gasteiger charge is -2.33. The van der Waals surface area contributed by atoms with Crippen LogP contribution < -0.4 is 16.0 Å². The number of likely N-dealkylation sites (N-methyl/N-ethyl adjacent to an activating group) is 1. The van der Waals surface area contributed by atoms with Crippen LogP contribution in [0, 0.1) is 5.92 Å². The third kappa shape index (κ3) is 11.6. The summed E-state index contributed by atoms with van der Waals surface area (Å²) in [5, 5.41) is 39.5. The number of piperidine rings is 1. The quantitative estimate of drug-likeness (QED) is 0.197. The number of aliphatic hydroxyl groups is 2. The van der Waals surface area contributed by atoms with Crippen molar-refractivity contribution in [3.63, 3.8) is 0 Å². The molecular formula is C23H47N3O4. The predicted molar refractivity (Wildman–Crippen MR) is 122 cm³/mol. The minimum atomic E-state index is -1.14. The minimum absolute atomic E-state index is 0.193. The van der Waals surface area contributed by atoms with Crippen LogP contribution in [0.1, 0.15) is 84.5 Å². The summed E-state index contributed by atoms with van der Waals surface area (Å²) in [6.07, 6.45) is 9.82. The molecule has 1 saturated heterocycles. The molecule has 5 unspecified atom stereocenters. The smallest absolute Gasteiger partial charge is 0.306 e. The number of hydrogen-bond donors (Lipinski definition) is 6. The van der Waals surface area contributed by atoms with Crippen LogP contribution in [0.2, 0.25) is 0 Å². The second-order valence-electron chi connectivity index (χ2n) is 9.33. The number of aliphatic hydroxyl groups excluding tert-OH is 1. The van der Waals surface area contributed by atoms with Crippen molar-refractivity contribution < 1.29 is 20.1 Å². The monoisotopic (exact) mass is 429 g/mol. The lowest BCUT2D eigenvalue weighted by molar-refractivity contribution is -0.142. The average molecular weight is 430 g/mol. The summed E-state index contributed by atoms with van der Waals surface area (Å²) in [7, 11) is 2.01. The Morgan fingerprint density at radius 2 is 1.93 bits per heavy atom. The minimum Gasteiger partial charge on any atom is -0.481 e. The molecule has 0 bridgehead atoms. The first-order valence-corrected chi connectivity index (χ1v) is 12.0. The van der Waals surface area contributed by atoms with Gasteiger partial charge in [-0.05, 0) is 71.5 Å². The fraction of sp³-hybridized carbons (Fsp3) is 0.957. The highest BCUT2D eigenvalue weighted by Gasteiger charge is 2.29. The Morgan fingerprint density at radius 1 is 1.20 bits per heavy atom. The highest BCUT2D eigenvalue weighted by Crippen LogP contribution is 2.23. The van der Waals surface area contributed by atoms with E-state index in [9.17, 15) is 15.0 Å². The van der Waals surface area contributed by atoms with E-state index >= 15 is 0 Å². The summed E-state index contributed by atoms with van der Waals surface area (Å²) in [6, 6.07) is 0.713. The molecule has 5 atom stereocenters. The number of carbonyl (C=O) groups is 1. The molecule has 0 aromatic heterocycles. The third-order valence-electron chi connectivity index (χ3n) is 6.49. The van der Waals surface area contributed by atoms with Crippen molar-refractivity contribution in [2.24, 2.45) is 5.92 Å². The molecule has 0 aromatic rings. The topological polar surface area (TPSA) is 114 Å². The Kier molecular flexibility index (Phi) is 13.8. The maximum absolute atomic E-state index is 11.0. The van der Waals surface area contributed by atoms with E-state index in [-0.39, 0.29) is 18.6 Å². The van der Waals surface area contributed by atoms with Crippen molar-refractivity contribution in [3.8, 4) is 0 Å². The maximum Gasteiger partial charge on any atom is 0.306 e. The van der Waals surface area contributed by atoms with E-state index < -0.39 is 11.6 Å². The molecule has 1 aliphatic heterocycles. The molecule has 178 valence electrons. The van der Waals surface area contributed by atoms with Crippen LogP contribution in [-0.4, -0.2) is 71.8 Å². The number of carboxylic acids is 1. The zero-order chi connectivity index (χ0) is 22.4. The Balaban J connectivity index is 2.24. The molecular weight excluding hydrogens is 382 g/mol. The van der Waals surface area contributed by atoms with Gasteiger partial charge in [-0.15, -0.1) is 0 Å². The molecule has 0 spiro atoms. The maximum atomic E-state index is 11.0. The first kappa shape index (κ1) is 27.3. The Morgan fingerprint density at radius 3 is 2.57 bits per heavy atom. The van der Waals surface area contributed by atoms with Crippen molar-refractivity contribution in [1.29, 1.82) is 0 Å². The van der Waals surface area contributed by atoms with Crippen molar-refractivity contribution in [2.75, 3.05) is 26.7 Å². The average Bonchev–Trinajstić information content (AvgIpc) is 2.69. The van der Waals surface area contributed by atoms with Gasteiger partial charge in [0.05, 0.1) is 18.1 Å². The van der Waals surface area contributed by atoms with Gasteiger partial charge in [0.1, 0.15) is 0 Å². The van der Waals surface area contributed by atoms with E-state index in [1.807, 2.05) is 14.0 Å². The molecule has 1 heterocycles. The van der Waals surface area contributed by atoms with Crippen LogP contribution in [0.3, 0.4) is 0 Å². The largest absolute Gasteiger partial charge is 0.481 e. The van der Waals surface area contributed by atoms with E-state index in [4.69, 9.17) is 5.11 Å². The van der Waals surface area contributed by atoms with Gasteiger partial charge in [-0.3, -0.25) is 4.79 Å². The van der Waals surface area contributed by atoms with Crippen molar-refractivity contribution in [2.45, 2.75) is 108 Å². The molecule has 0 aromatic carbocycles. The molecule has 7 heteroatoms. The first-order valence-electron chi connectivity index (χ1n) is 12.0. The summed E-state index contributed by atoms with van der Waals surface area (Å²) in [4.78, 5) is 11.0. The van der Waals surface area contributed by atoms with Gasteiger partial charge in [-0.2, -0.15) is 0 Å². The van der Waals surface area contributed by atoms with Gasteiger partial charge in [0.25, 0.3) is 0 Å². The van der Waals surface area contributed by atoms with E-state index in [0.29, 0.717) is 24.9 Å². The van der Waals surface area contributed by atoms with Crippen LogP contribution >= 0.6 is 0 Å². The summed E-state index contributed by atoms with van der Waals surface area (Å²) in [5.74, 6) is -0.279. The van der Waals surface area contributed by atoms with Gasteiger partial charge < -0.3 is 31.3 Å². The molecule has 0 radical (unpaired) electrons. The zero-order valence-electron chi connectivity index (χ0n) is 19.5. The standard InChI is InChI=1S/C23H47N3O4/c1-4-25-17-23(30,15-22(28)29)14-8-6-5-7-9-19(16-24-3)10-11-20-12-13-21(27)18(2)26-20/h18-21,24-27,30H,4-17H2,1-3H3,(H,28,29). The number of hydrogen-bond acceptors (Lipinski definition) is 6. The summed E-state index contributed by atoms with van der Waals surface area (Å²) < 4.78 is 0. The molecule has 0 aliphatic carbocycles. The van der Waals surface area contributed by atoms with Gasteiger partial charge >= 0.3 is 5.97 Å². The van der Waals surface area contributed by atoms with Crippen molar-refractivity contribution in [1.82, 2.24) is 16.0 Å². The molecule has 0 saturated carbocycles. The fourth-order valence-corrected chi connectivity index (χ4v) is 4.61. The molecule has 1 rings (SSSR count). The van der Waals surface area contributed by atoms with E-state index in [0.717, 1.165) is 51.6 Å². The number of nitrogens with one attached hydrogen (secondary N) is 3. The van der Waals surface area contributed by atoms with Crippen molar-refractivity contribution in [3.05, 3.63) is 0 Å². The van der Waals surface area contributed by atoms with Crippen LogP contribution in [0.4, 0.5) is 0 Å². The Hall–Kier alpha value is -0.730. The second-order valence-corrected chi connectivity index (χ2v) is 9.33. The number of unbranched alkanes of at least 4 members (excludes halogenated alkanes) is 3. The van der Waals surface area contributed by atoms with Crippen LogP contribution in [0.25, 0.3) is 0 Å². The van der Waals surface area contributed by atoms with E-state index in [1.165, 1.54) is 19.3 Å². The number of rotatable bonds is 17. The Bertz CT molecular complexity index is 466. The van der Waals surface area contributed by atoms with Crippen LogP contribution in [0.15, 0.2) is 0 Å². The summed E-state index contributed by atoms with van der Waals surface area (Å²) in [6.45, 7) is 6.12.